The SMILES string of the molecule is CCCCCCCCCCCCCCCC(=O)O[C@H](COC(=O)CCCCCCCCCCCC(C)C)COP(=O)(O)OC[C@H](O)COP(=O)(O)OC[C@@H](COC(=O)CCCCCCCCCCCCC(C)CC)OC(=O)CCCCCCCCCCCCCCC(C)C. The van der Waals surface area contributed by atoms with Crippen molar-refractivity contribution in [3.63, 3.8) is 0 Å². The molecule has 0 aliphatic heterocycles. The van der Waals surface area contributed by atoms with Crippen LogP contribution < -0.4 is 0 Å². The van der Waals surface area contributed by atoms with Gasteiger partial charge in [-0.25, -0.2) is 9.13 Å². The standard InChI is InChI=1S/C75H146O17P2/c1-8-10-11-12-13-14-15-16-20-29-37-44-51-58-74(79)92-71(63-86-73(78)57-50-43-36-31-24-26-33-40-47-54-67(5)6)65-90-94(83,84)88-61-69(76)60-87-93(81,82)89-64-70(62-85-72(77)56-49-42-35-28-23-22-27-34-41-48-55-68(7)9-2)91-75(80)59-52-45-38-30-21-18-17-19-25-32-39-46-53-66(3)4/h66-71,76H,8-65H2,1-7H3,(H,81,82)(H,83,84)/t68?,69-,70-,71-/m1/s1. The number of phosphoric acid groups is 2. The smallest absolute Gasteiger partial charge is 0.462 e. The molecule has 0 radical (unpaired) electrons. The third-order valence-electron chi connectivity index (χ3n) is 17.7. The van der Waals surface area contributed by atoms with E-state index in [1.807, 2.05) is 0 Å². The van der Waals surface area contributed by atoms with Gasteiger partial charge in [0.05, 0.1) is 26.4 Å². The van der Waals surface area contributed by atoms with Gasteiger partial charge in [0.2, 0.25) is 0 Å². The van der Waals surface area contributed by atoms with E-state index in [0.29, 0.717) is 25.7 Å². The lowest BCUT2D eigenvalue weighted by Gasteiger charge is -2.21. The quantitative estimate of drug-likeness (QED) is 0.0222. The number of aliphatic hydroxyl groups is 1. The first-order chi connectivity index (χ1) is 45.3. The summed E-state index contributed by atoms with van der Waals surface area (Å²) in [5.41, 5.74) is 0. The van der Waals surface area contributed by atoms with Gasteiger partial charge in [0.25, 0.3) is 0 Å². The van der Waals surface area contributed by atoms with Crippen molar-refractivity contribution >= 4 is 39.5 Å². The van der Waals surface area contributed by atoms with E-state index in [1.165, 1.54) is 193 Å². The van der Waals surface area contributed by atoms with Gasteiger partial charge in [-0.05, 0) is 43.4 Å². The van der Waals surface area contributed by atoms with Crippen molar-refractivity contribution in [2.75, 3.05) is 39.6 Å². The summed E-state index contributed by atoms with van der Waals surface area (Å²) in [7, 11) is -9.91. The third kappa shape index (κ3) is 67.3. The van der Waals surface area contributed by atoms with E-state index in [4.69, 9.17) is 37.0 Å². The van der Waals surface area contributed by atoms with Gasteiger partial charge in [0, 0.05) is 25.7 Å². The van der Waals surface area contributed by atoms with Gasteiger partial charge in [-0.2, -0.15) is 0 Å². The van der Waals surface area contributed by atoms with Gasteiger partial charge in [0.15, 0.2) is 12.2 Å². The van der Waals surface area contributed by atoms with Crippen molar-refractivity contribution in [1.82, 2.24) is 0 Å². The van der Waals surface area contributed by atoms with Crippen LogP contribution >= 0.6 is 15.6 Å². The maximum absolute atomic E-state index is 13.1. The molecule has 3 N–H and O–H groups in total. The number of unbranched alkanes of at least 4 members (excludes halogenated alkanes) is 40. The molecule has 94 heavy (non-hydrogen) atoms. The van der Waals surface area contributed by atoms with E-state index in [1.54, 1.807) is 0 Å². The maximum atomic E-state index is 13.1. The molecular weight excluding hydrogens is 1230 g/mol. The molecule has 0 amide bonds. The minimum atomic E-state index is -4.96. The van der Waals surface area contributed by atoms with E-state index in [0.717, 1.165) is 108 Å². The van der Waals surface area contributed by atoms with Crippen molar-refractivity contribution in [1.29, 1.82) is 0 Å². The molecular formula is C75H146O17P2. The Bertz CT molecular complexity index is 1840. The van der Waals surface area contributed by atoms with Crippen molar-refractivity contribution in [3.05, 3.63) is 0 Å². The molecule has 0 aromatic heterocycles. The van der Waals surface area contributed by atoms with Crippen molar-refractivity contribution in [2.24, 2.45) is 17.8 Å². The number of ether oxygens (including phenoxy) is 4. The average molecular weight is 1380 g/mol. The second kappa shape index (κ2) is 65.7. The molecule has 0 saturated carbocycles. The molecule has 0 fully saturated rings. The first-order valence-corrected chi connectivity index (χ1v) is 41.9. The Balaban J connectivity index is 5.27. The number of esters is 4. The monoisotopic (exact) mass is 1380 g/mol. The number of aliphatic hydroxyl groups excluding tert-OH is 1. The molecule has 0 aromatic carbocycles. The van der Waals surface area contributed by atoms with Crippen LogP contribution in [-0.2, 0) is 65.4 Å². The molecule has 0 bridgehead atoms. The highest BCUT2D eigenvalue weighted by Crippen LogP contribution is 2.45. The first-order valence-electron chi connectivity index (χ1n) is 38.9. The highest BCUT2D eigenvalue weighted by Gasteiger charge is 2.30. The van der Waals surface area contributed by atoms with E-state index in [-0.39, 0.29) is 25.7 Å². The molecule has 17 nitrogen and oxygen atoms in total. The molecule has 0 rings (SSSR count). The second-order valence-corrected chi connectivity index (χ2v) is 31.1. The normalized spacial score (nSPS) is 14.4. The van der Waals surface area contributed by atoms with Crippen LogP contribution in [0.1, 0.15) is 382 Å². The van der Waals surface area contributed by atoms with E-state index >= 15 is 0 Å². The lowest BCUT2D eigenvalue weighted by Crippen LogP contribution is -2.30. The highest BCUT2D eigenvalue weighted by molar-refractivity contribution is 7.47. The van der Waals surface area contributed by atoms with Crippen molar-refractivity contribution in [2.45, 2.75) is 401 Å². The van der Waals surface area contributed by atoms with Gasteiger partial charge < -0.3 is 33.8 Å². The predicted octanol–water partition coefficient (Wildman–Crippen LogP) is 21.8. The summed E-state index contributed by atoms with van der Waals surface area (Å²) in [5.74, 6) is 0.213. The van der Waals surface area contributed by atoms with Gasteiger partial charge in [-0.3, -0.25) is 37.3 Å². The zero-order valence-electron chi connectivity index (χ0n) is 61.4. The minimum Gasteiger partial charge on any atom is -0.462 e. The van der Waals surface area contributed by atoms with E-state index in [2.05, 4.69) is 48.5 Å². The van der Waals surface area contributed by atoms with Crippen molar-refractivity contribution < 1.29 is 80.2 Å². The summed E-state index contributed by atoms with van der Waals surface area (Å²) in [6.45, 7) is 11.9. The zero-order valence-corrected chi connectivity index (χ0v) is 63.2. The molecule has 19 heteroatoms. The molecule has 0 aliphatic rings. The average Bonchev–Trinajstić information content (AvgIpc) is 1.40. The van der Waals surface area contributed by atoms with Crippen LogP contribution in [0.5, 0.6) is 0 Å². The summed E-state index contributed by atoms with van der Waals surface area (Å²) in [6.07, 6.45) is 51.1. The molecule has 0 aliphatic carbocycles. The number of carbonyl (C=O) groups is 4. The molecule has 6 atom stereocenters. The Hall–Kier alpha value is -1.94. The van der Waals surface area contributed by atoms with Crippen LogP contribution in [0.4, 0.5) is 0 Å². The zero-order chi connectivity index (χ0) is 69.4. The molecule has 558 valence electrons. The summed E-state index contributed by atoms with van der Waals surface area (Å²) in [6, 6.07) is 0. The Morgan fingerprint density at radius 2 is 0.543 bits per heavy atom. The fourth-order valence-corrected chi connectivity index (χ4v) is 13.0. The van der Waals surface area contributed by atoms with Crippen LogP contribution in [-0.4, -0.2) is 96.7 Å². The number of rotatable bonds is 73. The lowest BCUT2D eigenvalue weighted by molar-refractivity contribution is -0.161. The second-order valence-electron chi connectivity index (χ2n) is 28.2. The van der Waals surface area contributed by atoms with Gasteiger partial charge >= 0.3 is 39.5 Å². The molecule has 0 heterocycles. The Morgan fingerprint density at radius 3 is 0.809 bits per heavy atom. The number of phosphoric ester groups is 2. The third-order valence-corrected chi connectivity index (χ3v) is 19.6. The minimum absolute atomic E-state index is 0.107. The Morgan fingerprint density at radius 1 is 0.309 bits per heavy atom. The van der Waals surface area contributed by atoms with E-state index in [9.17, 15) is 43.2 Å². The Kier molecular flexibility index (Phi) is 64.3. The largest absolute Gasteiger partial charge is 0.472 e. The van der Waals surface area contributed by atoms with Gasteiger partial charge in [-0.15, -0.1) is 0 Å². The fraction of sp³-hybridized carbons (Fsp3) is 0.947. The van der Waals surface area contributed by atoms with Gasteiger partial charge in [0.1, 0.15) is 19.3 Å². The highest BCUT2D eigenvalue weighted by atomic mass is 31.2. The van der Waals surface area contributed by atoms with Crippen LogP contribution in [0, 0.1) is 17.8 Å². The Labute approximate surface area is 575 Å². The van der Waals surface area contributed by atoms with Crippen LogP contribution in [0.2, 0.25) is 0 Å². The summed E-state index contributed by atoms with van der Waals surface area (Å²) >= 11 is 0. The summed E-state index contributed by atoms with van der Waals surface area (Å²) in [4.78, 5) is 72.8. The topological polar surface area (TPSA) is 237 Å². The number of hydrogen-bond acceptors (Lipinski definition) is 15. The maximum Gasteiger partial charge on any atom is 0.472 e. The number of carbonyl (C=O) groups excluding carboxylic acids is 4. The summed E-state index contributed by atoms with van der Waals surface area (Å²) < 4.78 is 68.5. The molecule has 0 saturated heterocycles. The van der Waals surface area contributed by atoms with E-state index < -0.39 is 97.5 Å². The molecule has 3 unspecified atom stereocenters. The van der Waals surface area contributed by atoms with Crippen LogP contribution in [0.25, 0.3) is 0 Å². The van der Waals surface area contributed by atoms with Crippen molar-refractivity contribution in [3.8, 4) is 0 Å². The molecule has 0 spiro atoms. The number of hydrogen-bond donors (Lipinski definition) is 3. The summed E-state index contributed by atoms with van der Waals surface area (Å²) in [5, 5.41) is 10.6. The fourth-order valence-electron chi connectivity index (χ4n) is 11.4. The first kappa shape index (κ1) is 92.1. The van der Waals surface area contributed by atoms with Gasteiger partial charge in [-0.1, -0.05) is 331 Å². The van der Waals surface area contributed by atoms with Crippen LogP contribution in [0.15, 0.2) is 0 Å². The van der Waals surface area contributed by atoms with Crippen LogP contribution in [0.3, 0.4) is 0 Å². The molecule has 0 aromatic rings. The lowest BCUT2D eigenvalue weighted by atomic mass is 9.99. The predicted molar refractivity (Wildman–Crippen MR) is 381 cm³/mol.